The average Bonchev–Trinajstić information content (AvgIpc) is 2.30. The third-order valence-corrected chi connectivity index (χ3v) is 4.84. The molecule has 0 aliphatic carbocycles. The van der Waals surface area contributed by atoms with Crippen molar-refractivity contribution in [2.75, 3.05) is 0 Å². The molecule has 4 heteroatoms. The molecule has 0 saturated carbocycles. The smallest absolute Gasteiger partial charge is 0.183 e. The molecule has 0 spiro atoms. The predicted octanol–water partition coefficient (Wildman–Crippen LogP) is 0.862. The summed E-state index contributed by atoms with van der Waals surface area (Å²) in [7, 11) is -3.16. The van der Waals surface area contributed by atoms with Gasteiger partial charge in [0.2, 0.25) is 0 Å². The molecule has 0 saturated heterocycles. The Bertz CT molecular complexity index is 439. The zero-order valence-corrected chi connectivity index (χ0v) is 8.08. The van der Waals surface area contributed by atoms with E-state index in [0.29, 0.717) is 4.90 Å². The van der Waals surface area contributed by atoms with Crippen molar-refractivity contribution in [3.63, 3.8) is 0 Å². The van der Waals surface area contributed by atoms with Crippen LogP contribution in [-0.4, -0.2) is 13.7 Å². The van der Waals surface area contributed by atoms with Gasteiger partial charge in [0.1, 0.15) is 0 Å². The second kappa shape index (κ2) is 2.56. The van der Waals surface area contributed by atoms with Crippen LogP contribution in [0, 0.1) is 0 Å². The zero-order valence-electron chi connectivity index (χ0n) is 7.27. The first kappa shape index (κ1) is 8.72. The Labute approximate surface area is 77.5 Å². The number of hydrogen-bond acceptors (Lipinski definition) is 3. The van der Waals surface area contributed by atoms with Gasteiger partial charge < -0.3 is 5.73 Å². The van der Waals surface area contributed by atoms with Crippen LogP contribution >= 0.6 is 0 Å². The summed E-state index contributed by atoms with van der Waals surface area (Å²) >= 11 is 0. The molecular formula is C9H11NO2S. The summed E-state index contributed by atoms with van der Waals surface area (Å²) in [5.41, 5.74) is 6.53. The van der Waals surface area contributed by atoms with Crippen molar-refractivity contribution >= 4 is 9.84 Å². The Morgan fingerprint density at radius 2 is 1.92 bits per heavy atom. The number of hydrogen-bond donors (Lipinski definition) is 1. The van der Waals surface area contributed by atoms with E-state index in [1.165, 1.54) is 0 Å². The van der Waals surface area contributed by atoms with E-state index in [2.05, 4.69) is 0 Å². The largest absolute Gasteiger partial charge is 0.323 e. The number of nitrogens with two attached hydrogens (primary N) is 1. The highest BCUT2D eigenvalue weighted by atomic mass is 32.2. The molecule has 1 aromatic rings. The van der Waals surface area contributed by atoms with Gasteiger partial charge in [0, 0.05) is 6.04 Å². The van der Waals surface area contributed by atoms with Crippen LogP contribution in [-0.2, 0) is 9.84 Å². The van der Waals surface area contributed by atoms with Gasteiger partial charge in [-0.1, -0.05) is 18.2 Å². The first-order valence-corrected chi connectivity index (χ1v) is 5.68. The molecule has 0 amide bonds. The SMILES string of the molecule is CC1C(N)c2ccccc2S1(=O)=O. The fourth-order valence-electron chi connectivity index (χ4n) is 1.66. The summed E-state index contributed by atoms with van der Waals surface area (Å²) in [6, 6.07) is 6.56. The van der Waals surface area contributed by atoms with Crippen molar-refractivity contribution in [1.29, 1.82) is 0 Å². The second-order valence-electron chi connectivity index (χ2n) is 3.31. The van der Waals surface area contributed by atoms with Crippen LogP contribution in [0.15, 0.2) is 29.2 Å². The first-order valence-electron chi connectivity index (χ1n) is 4.13. The van der Waals surface area contributed by atoms with Crippen LogP contribution in [0.5, 0.6) is 0 Å². The summed E-state index contributed by atoms with van der Waals surface area (Å²) in [4.78, 5) is 0.398. The third kappa shape index (κ3) is 1.02. The van der Waals surface area contributed by atoms with Crippen molar-refractivity contribution in [2.45, 2.75) is 23.1 Å². The highest BCUT2D eigenvalue weighted by Gasteiger charge is 2.39. The first-order chi connectivity index (χ1) is 6.05. The molecule has 1 aromatic carbocycles. The van der Waals surface area contributed by atoms with E-state index in [0.717, 1.165) is 5.56 Å². The molecule has 1 aliphatic rings. The summed E-state index contributed by atoms with van der Waals surface area (Å²) in [6.07, 6.45) is 0. The van der Waals surface area contributed by atoms with Gasteiger partial charge >= 0.3 is 0 Å². The van der Waals surface area contributed by atoms with E-state index < -0.39 is 15.1 Å². The van der Waals surface area contributed by atoms with Crippen LogP contribution in [0.25, 0.3) is 0 Å². The molecule has 2 atom stereocenters. The molecule has 0 aromatic heterocycles. The zero-order chi connectivity index (χ0) is 9.64. The second-order valence-corrected chi connectivity index (χ2v) is 5.59. The van der Waals surface area contributed by atoms with Crippen LogP contribution in [0.1, 0.15) is 18.5 Å². The fraction of sp³-hybridized carbons (Fsp3) is 0.333. The van der Waals surface area contributed by atoms with Gasteiger partial charge in [-0.05, 0) is 18.6 Å². The molecule has 0 fully saturated rings. The molecule has 2 rings (SSSR count). The van der Waals surface area contributed by atoms with Gasteiger partial charge in [-0.3, -0.25) is 0 Å². The normalized spacial score (nSPS) is 30.0. The van der Waals surface area contributed by atoms with Crippen LogP contribution < -0.4 is 5.73 Å². The molecule has 13 heavy (non-hydrogen) atoms. The van der Waals surface area contributed by atoms with E-state index in [1.807, 2.05) is 6.07 Å². The van der Waals surface area contributed by atoms with Crippen LogP contribution in [0.2, 0.25) is 0 Å². The Morgan fingerprint density at radius 3 is 2.54 bits per heavy atom. The quantitative estimate of drug-likeness (QED) is 0.671. The highest BCUT2D eigenvalue weighted by Crippen LogP contribution is 2.36. The Balaban J connectivity index is 2.76. The molecule has 70 valence electrons. The summed E-state index contributed by atoms with van der Waals surface area (Å²) < 4.78 is 23.4. The van der Waals surface area contributed by atoms with Gasteiger partial charge in [-0.15, -0.1) is 0 Å². The van der Waals surface area contributed by atoms with Crippen molar-refractivity contribution in [1.82, 2.24) is 0 Å². The maximum Gasteiger partial charge on any atom is 0.183 e. The van der Waals surface area contributed by atoms with Gasteiger partial charge in [0.25, 0.3) is 0 Å². The molecule has 1 aliphatic heterocycles. The summed E-state index contributed by atoms with van der Waals surface area (Å²) in [5, 5.41) is -0.495. The average molecular weight is 197 g/mol. The molecule has 1 heterocycles. The monoisotopic (exact) mass is 197 g/mol. The van der Waals surface area contributed by atoms with Crippen molar-refractivity contribution in [3.8, 4) is 0 Å². The minimum atomic E-state index is -3.16. The van der Waals surface area contributed by atoms with Crippen LogP contribution in [0.3, 0.4) is 0 Å². The lowest BCUT2D eigenvalue weighted by Crippen LogP contribution is -2.23. The maximum atomic E-state index is 11.7. The lowest BCUT2D eigenvalue weighted by molar-refractivity contribution is 0.581. The van der Waals surface area contributed by atoms with E-state index >= 15 is 0 Å². The number of benzene rings is 1. The Morgan fingerprint density at radius 1 is 1.31 bits per heavy atom. The molecule has 2 N–H and O–H groups in total. The number of fused-ring (bicyclic) bond motifs is 1. The van der Waals surface area contributed by atoms with E-state index in [1.54, 1.807) is 25.1 Å². The summed E-state index contributed by atoms with van der Waals surface area (Å²) in [5.74, 6) is 0. The Kier molecular flexibility index (Phi) is 1.72. The Hall–Kier alpha value is -0.870. The molecule has 0 bridgehead atoms. The van der Waals surface area contributed by atoms with Crippen LogP contribution in [0.4, 0.5) is 0 Å². The molecule has 2 unspecified atom stereocenters. The van der Waals surface area contributed by atoms with Gasteiger partial charge in [-0.2, -0.15) is 0 Å². The lowest BCUT2D eigenvalue weighted by Gasteiger charge is -2.07. The van der Waals surface area contributed by atoms with Crippen molar-refractivity contribution in [2.24, 2.45) is 5.73 Å². The van der Waals surface area contributed by atoms with Gasteiger partial charge in [0.15, 0.2) is 9.84 Å². The van der Waals surface area contributed by atoms with Gasteiger partial charge in [0.05, 0.1) is 10.1 Å². The highest BCUT2D eigenvalue weighted by molar-refractivity contribution is 7.92. The van der Waals surface area contributed by atoms with Crippen molar-refractivity contribution < 1.29 is 8.42 Å². The van der Waals surface area contributed by atoms with E-state index in [4.69, 9.17) is 5.73 Å². The van der Waals surface area contributed by atoms with Gasteiger partial charge in [-0.25, -0.2) is 8.42 Å². The summed E-state index contributed by atoms with van der Waals surface area (Å²) in [6.45, 7) is 1.65. The molecule has 0 radical (unpaired) electrons. The van der Waals surface area contributed by atoms with E-state index in [-0.39, 0.29) is 6.04 Å². The minimum Gasteiger partial charge on any atom is -0.323 e. The fourth-order valence-corrected chi connectivity index (χ4v) is 3.40. The topological polar surface area (TPSA) is 60.2 Å². The lowest BCUT2D eigenvalue weighted by atomic mass is 10.1. The van der Waals surface area contributed by atoms with E-state index in [9.17, 15) is 8.42 Å². The predicted molar refractivity (Wildman–Crippen MR) is 50.0 cm³/mol. The maximum absolute atomic E-state index is 11.7. The number of rotatable bonds is 0. The minimum absolute atomic E-state index is 0.374. The molecular weight excluding hydrogens is 186 g/mol. The third-order valence-electron chi connectivity index (χ3n) is 2.58. The van der Waals surface area contributed by atoms with Crippen molar-refractivity contribution in [3.05, 3.63) is 29.8 Å². The standard InChI is InChI=1S/C9H11NO2S/c1-6-9(10)7-4-2-3-5-8(7)13(6,11)12/h2-6,9H,10H2,1H3. The molecule has 3 nitrogen and oxygen atoms in total. The number of sulfone groups is 1.